The molecule has 2 unspecified atom stereocenters. The Kier molecular flexibility index (Phi) is 6.42. The molecule has 1 heterocycles. The van der Waals surface area contributed by atoms with Crippen molar-refractivity contribution in [2.24, 2.45) is 5.92 Å². The van der Waals surface area contributed by atoms with Gasteiger partial charge in [-0.2, -0.15) is 0 Å². The van der Waals surface area contributed by atoms with E-state index in [2.05, 4.69) is 17.6 Å². The molecule has 16 heavy (non-hydrogen) atoms. The monoisotopic (exact) mass is 228 g/mol. The normalized spacial score (nSPS) is 22.8. The van der Waals surface area contributed by atoms with Gasteiger partial charge in [0.1, 0.15) is 0 Å². The molecule has 0 aromatic carbocycles. The third-order valence-corrected chi connectivity index (χ3v) is 2.99. The van der Waals surface area contributed by atoms with Crippen LogP contribution in [0.5, 0.6) is 0 Å². The predicted molar refractivity (Wildman–Crippen MR) is 64.3 cm³/mol. The van der Waals surface area contributed by atoms with Gasteiger partial charge in [0.2, 0.25) is 5.91 Å². The molecular formula is C12H24N2O2. The summed E-state index contributed by atoms with van der Waals surface area (Å²) in [6.07, 6.45) is 3.33. The van der Waals surface area contributed by atoms with E-state index in [0.717, 1.165) is 32.6 Å². The number of hydrogen-bond acceptors (Lipinski definition) is 3. The van der Waals surface area contributed by atoms with Crippen molar-refractivity contribution >= 4 is 5.91 Å². The second-order valence-electron chi connectivity index (χ2n) is 4.59. The van der Waals surface area contributed by atoms with E-state index in [4.69, 9.17) is 4.74 Å². The van der Waals surface area contributed by atoms with Crippen LogP contribution in [0.2, 0.25) is 0 Å². The van der Waals surface area contributed by atoms with E-state index in [1.807, 2.05) is 6.92 Å². The molecule has 0 saturated carbocycles. The Hall–Kier alpha value is -0.610. The van der Waals surface area contributed by atoms with E-state index < -0.39 is 0 Å². The van der Waals surface area contributed by atoms with Crippen molar-refractivity contribution in [1.29, 1.82) is 0 Å². The summed E-state index contributed by atoms with van der Waals surface area (Å²) in [5.74, 6) is 0.663. The van der Waals surface area contributed by atoms with Crippen LogP contribution < -0.4 is 10.6 Å². The lowest BCUT2D eigenvalue weighted by Crippen LogP contribution is -2.40. The molecule has 94 valence electrons. The molecule has 2 atom stereocenters. The van der Waals surface area contributed by atoms with Crippen LogP contribution >= 0.6 is 0 Å². The Morgan fingerprint density at radius 3 is 3.00 bits per heavy atom. The molecule has 4 heteroatoms. The number of nitrogens with one attached hydrogen (secondary N) is 2. The van der Waals surface area contributed by atoms with E-state index in [1.165, 1.54) is 6.42 Å². The molecule has 0 radical (unpaired) electrons. The number of hydrogen-bond donors (Lipinski definition) is 2. The smallest absolute Gasteiger partial charge is 0.234 e. The summed E-state index contributed by atoms with van der Waals surface area (Å²) in [5.41, 5.74) is 0. The lowest BCUT2D eigenvalue weighted by molar-refractivity contribution is -0.120. The van der Waals surface area contributed by atoms with Crippen molar-refractivity contribution in [2.75, 3.05) is 26.3 Å². The van der Waals surface area contributed by atoms with Crippen LogP contribution in [0.1, 0.15) is 33.1 Å². The fourth-order valence-corrected chi connectivity index (χ4v) is 1.79. The third-order valence-electron chi connectivity index (χ3n) is 2.99. The molecule has 1 amide bonds. The summed E-state index contributed by atoms with van der Waals surface area (Å²) < 4.78 is 5.38. The number of carbonyl (C=O) groups excluding carboxylic acids is 1. The molecule has 0 bridgehead atoms. The van der Waals surface area contributed by atoms with Gasteiger partial charge in [-0.3, -0.25) is 4.79 Å². The van der Waals surface area contributed by atoms with Crippen LogP contribution in [0.4, 0.5) is 0 Å². The molecule has 1 saturated heterocycles. The minimum atomic E-state index is 0.0890. The van der Waals surface area contributed by atoms with E-state index in [0.29, 0.717) is 12.5 Å². The first kappa shape index (κ1) is 13.5. The fourth-order valence-electron chi connectivity index (χ4n) is 1.79. The number of rotatable bonds is 6. The molecule has 4 nitrogen and oxygen atoms in total. The van der Waals surface area contributed by atoms with Gasteiger partial charge in [-0.25, -0.2) is 0 Å². The Morgan fingerprint density at radius 2 is 2.38 bits per heavy atom. The molecule has 0 aromatic rings. The van der Waals surface area contributed by atoms with Crippen LogP contribution in [0, 0.1) is 5.92 Å². The van der Waals surface area contributed by atoms with Gasteiger partial charge in [0.05, 0.1) is 13.2 Å². The number of carbonyl (C=O) groups is 1. The highest BCUT2D eigenvalue weighted by Crippen LogP contribution is 2.11. The van der Waals surface area contributed by atoms with Crippen molar-refractivity contribution in [2.45, 2.75) is 39.2 Å². The van der Waals surface area contributed by atoms with Crippen molar-refractivity contribution in [1.82, 2.24) is 10.6 Å². The first-order valence-electron chi connectivity index (χ1n) is 6.30. The average Bonchev–Trinajstić information content (AvgIpc) is 2.30. The first-order chi connectivity index (χ1) is 7.72. The highest BCUT2D eigenvalue weighted by Gasteiger charge is 2.13. The van der Waals surface area contributed by atoms with Gasteiger partial charge in [0, 0.05) is 19.2 Å². The maximum absolute atomic E-state index is 11.4. The van der Waals surface area contributed by atoms with E-state index >= 15 is 0 Å². The second-order valence-corrected chi connectivity index (χ2v) is 4.59. The maximum atomic E-state index is 11.4. The van der Waals surface area contributed by atoms with Crippen LogP contribution in [-0.4, -0.2) is 38.3 Å². The zero-order valence-electron chi connectivity index (χ0n) is 10.4. The summed E-state index contributed by atoms with van der Waals surface area (Å²) in [5, 5.41) is 6.13. The van der Waals surface area contributed by atoms with E-state index in [9.17, 15) is 4.79 Å². The Balaban J connectivity index is 2.03. The molecule has 0 aromatic heterocycles. The lowest BCUT2D eigenvalue weighted by Gasteiger charge is -2.22. The molecule has 1 aliphatic heterocycles. The van der Waals surface area contributed by atoms with Gasteiger partial charge in [0.15, 0.2) is 0 Å². The largest absolute Gasteiger partial charge is 0.381 e. The third kappa shape index (κ3) is 5.47. The Bertz CT molecular complexity index is 203. The molecule has 1 aliphatic rings. The summed E-state index contributed by atoms with van der Waals surface area (Å²) in [4.78, 5) is 11.4. The van der Waals surface area contributed by atoms with Crippen LogP contribution in [0.3, 0.4) is 0 Å². The Labute approximate surface area is 98.1 Å². The zero-order valence-corrected chi connectivity index (χ0v) is 10.4. The summed E-state index contributed by atoms with van der Waals surface area (Å²) in [6.45, 7) is 7.12. The van der Waals surface area contributed by atoms with Crippen LogP contribution in [-0.2, 0) is 9.53 Å². The van der Waals surface area contributed by atoms with Crippen molar-refractivity contribution < 1.29 is 9.53 Å². The van der Waals surface area contributed by atoms with Gasteiger partial charge in [0.25, 0.3) is 0 Å². The number of ether oxygens (including phenoxy) is 1. The average molecular weight is 228 g/mol. The minimum absolute atomic E-state index is 0.0890. The molecule has 0 spiro atoms. The van der Waals surface area contributed by atoms with E-state index in [1.54, 1.807) is 0 Å². The fraction of sp³-hybridized carbons (Fsp3) is 0.917. The quantitative estimate of drug-likeness (QED) is 0.710. The van der Waals surface area contributed by atoms with Crippen molar-refractivity contribution in [3.8, 4) is 0 Å². The van der Waals surface area contributed by atoms with E-state index in [-0.39, 0.29) is 11.9 Å². The molecule has 0 aliphatic carbocycles. The Morgan fingerprint density at radius 1 is 1.56 bits per heavy atom. The van der Waals surface area contributed by atoms with Crippen LogP contribution in [0.15, 0.2) is 0 Å². The predicted octanol–water partition coefficient (Wildman–Crippen LogP) is 0.917. The second kappa shape index (κ2) is 7.63. The van der Waals surface area contributed by atoms with Crippen LogP contribution in [0.25, 0.3) is 0 Å². The SMILES string of the molecule is CCC(C)NC(=O)CNCC1CCCOC1. The topological polar surface area (TPSA) is 50.4 Å². The molecular weight excluding hydrogens is 204 g/mol. The summed E-state index contributed by atoms with van der Waals surface area (Å²) in [6, 6.07) is 0.271. The number of amides is 1. The zero-order chi connectivity index (χ0) is 11.8. The molecule has 1 fully saturated rings. The van der Waals surface area contributed by atoms with Gasteiger partial charge in [-0.1, -0.05) is 6.92 Å². The standard InChI is InChI=1S/C12H24N2O2/c1-3-10(2)14-12(15)8-13-7-11-5-4-6-16-9-11/h10-11,13H,3-9H2,1-2H3,(H,14,15). The highest BCUT2D eigenvalue weighted by atomic mass is 16.5. The first-order valence-corrected chi connectivity index (χ1v) is 6.30. The summed E-state index contributed by atoms with van der Waals surface area (Å²) >= 11 is 0. The van der Waals surface area contributed by atoms with Crippen molar-refractivity contribution in [3.05, 3.63) is 0 Å². The van der Waals surface area contributed by atoms with Crippen molar-refractivity contribution in [3.63, 3.8) is 0 Å². The van der Waals surface area contributed by atoms with Gasteiger partial charge in [-0.05, 0) is 32.1 Å². The highest BCUT2D eigenvalue weighted by molar-refractivity contribution is 5.78. The lowest BCUT2D eigenvalue weighted by atomic mass is 10.0. The van der Waals surface area contributed by atoms with Gasteiger partial charge >= 0.3 is 0 Å². The summed E-state index contributed by atoms with van der Waals surface area (Å²) in [7, 11) is 0. The molecule has 1 rings (SSSR count). The van der Waals surface area contributed by atoms with Gasteiger partial charge in [-0.15, -0.1) is 0 Å². The maximum Gasteiger partial charge on any atom is 0.234 e. The molecule has 2 N–H and O–H groups in total. The minimum Gasteiger partial charge on any atom is -0.381 e. The van der Waals surface area contributed by atoms with Gasteiger partial charge < -0.3 is 15.4 Å².